The van der Waals surface area contributed by atoms with Crippen LogP contribution in [0.15, 0.2) is 0 Å². The summed E-state index contributed by atoms with van der Waals surface area (Å²) in [5, 5.41) is 16.4. The molecule has 5 N–H and O–H groups in total. The number of hydrogen-bond donors (Lipinski definition) is 5. The minimum atomic E-state index is 0. The molecule has 0 bridgehead atoms. The van der Waals surface area contributed by atoms with Crippen molar-refractivity contribution in [3.63, 3.8) is 0 Å². The maximum Gasteiger partial charge on any atom is 0.0110 e. The predicted molar refractivity (Wildman–Crippen MR) is 566 cm³/mol. The SMILES string of the molecule is C.CC(C)CCCC(C)C(C)C.CC(C)CCCN(C)CCCN(C)C.CCCCCCC(C)C.CCCCN(C)CCCC(C)C.CCCCN1CCN(CCCC(C)C)CC1.CCCCNCCCC(C)C.CCCCNCCCCC(C)C.CCCN(C)CCC(C)C.CNCCN(C)CCC(C)C.CNCCN(CCNC)CCC(C)C. The standard InChI is InChI=1S/C14H30N2.C12H28N2.C11H27N3.2C11H25N.C11H24.C10H23N.C9H22N2.C9H21N.C9H20.CH4/c1-4-5-8-15-10-12-16(13-11-15)9-6-7-14(2)3;1-12(2)8-6-10-14(5)11-7-9-13(3)4;1-11(2)5-8-14(9-6-12-3)10-7-13-4;1-5-6-9-12(4)10-7-8-11(2)3;1-4-5-9-12-10-7-6-8-11(2)3;1-9(2)7-6-8-11(5)10(3)4;1-4-5-8-11-9-6-7-10(2)3;1-9(2)5-7-11(4)8-6-10-3;1-5-7-10(4)8-6-9(2)3;1-4-5-6-7-8-9(2)3;/h14H,4-13H2,1-3H3;12H,6-11H2,1-5H3;11-13H,5-10H2,1-4H3;11H,5-10H2,1-4H3;11-12H,4-10H2,1-3H3;9-11H,6-8H2,1-5H3;10-11H,4-9H2,1-3H3;9-10H,5-8H2,1-4H3;9H,5-8H2,1-4H3;9H,4-8H2,1-3H3;1H4. The van der Waals surface area contributed by atoms with E-state index in [1.165, 1.54) is 330 Å². The molecular weight excluding hydrogens is 1480 g/mol. The average Bonchev–Trinajstić information content (AvgIpc) is 0.913. The van der Waals surface area contributed by atoms with E-state index < -0.39 is 0 Å². The summed E-state index contributed by atoms with van der Waals surface area (Å²) in [4.78, 5) is 19.7. The molecular formula is C108H249N13. The Morgan fingerprint density at radius 1 is 0.231 bits per heavy atom. The van der Waals surface area contributed by atoms with Crippen molar-refractivity contribution in [2.75, 3.05) is 227 Å². The largest absolute Gasteiger partial charge is 0.318 e. The molecule has 0 aromatic carbocycles. The minimum absolute atomic E-state index is 0. The zero-order valence-electron chi connectivity index (χ0n) is 91.3. The van der Waals surface area contributed by atoms with E-state index in [0.717, 1.165) is 110 Å². The van der Waals surface area contributed by atoms with Crippen LogP contribution in [-0.4, -0.2) is 266 Å². The Bertz CT molecular complexity index is 1700. The average molecular weight is 1730 g/mol. The van der Waals surface area contributed by atoms with Gasteiger partial charge in [-0.15, -0.1) is 0 Å². The monoisotopic (exact) mass is 1730 g/mol. The summed E-state index contributed by atoms with van der Waals surface area (Å²) >= 11 is 0. The van der Waals surface area contributed by atoms with Crippen LogP contribution < -0.4 is 26.6 Å². The highest BCUT2D eigenvalue weighted by Crippen LogP contribution is 2.19. The number of likely N-dealkylation sites (N-methyl/N-ethyl adjacent to an activating group) is 4. The molecule has 1 aliphatic heterocycles. The van der Waals surface area contributed by atoms with Crippen LogP contribution >= 0.6 is 0 Å². The molecule has 0 aromatic heterocycles. The van der Waals surface area contributed by atoms with Gasteiger partial charge in [0.15, 0.2) is 0 Å². The smallest absolute Gasteiger partial charge is 0.0110 e. The molecule has 1 aliphatic rings. The zero-order chi connectivity index (χ0) is 93.4. The van der Waals surface area contributed by atoms with Crippen LogP contribution in [0, 0.1) is 71.0 Å². The van der Waals surface area contributed by atoms with Crippen molar-refractivity contribution in [3.05, 3.63) is 0 Å². The van der Waals surface area contributed by atoms with E-state index in [4.69, 9.17) is 0 Å². The highest BCUT2D eigenvalue weighted by molar-refractivity contribution is 4.72. The van der Waals surface area contributed by atoms with Crippen LogP contribution in [0.1, 0.15) is 414 Å². The number of nitrogens with zero attached hydrogens (tertiary/aromatic N) is 8. The number of nitrogens with one attached hydrogen (secondary N) is 5. The topological polar surface area (TPSA) is 86.1 Å². The van der Waals surface area contributed by atoms with Gasteiger partial charge in [0.25, 0.3) is 0 Å². The van der Waals surface area contributed by atoms with Crippen LogP contribution in [0.4, 0.5) is 0 Å². The molecule has 1 fully saturated rings. The summed E-state index contributed by atoms with van der Waals surface area (Å²) < 4.78 is 0. The molecule has 1 heterocycles. The van der Waals surface area contributed by atoms with Crippen LogP contribution in [0.5, 0.6) is 0 Å². The molecule has 13 nitrogen and oxygen atoms in total. The number of piperazine rings is 1. The summed E-state index contributed by atoms with van der Waals surface area (Å²) in [6.07, 6.45) is 43.4. The molecule has 1 saturated heterocycles. The summed E-state index contributed by atoms with van der Waals surface area (Å²) in [5.41, 5.74) is 0. The molecule has 1 atom stereocenters. The van der Waals surface area contributed by atoms with E-state index in [1.54, 1.807) is 0 Å². The third kappa shape index (κ3) is 151. The molecule has 13 heteroatoms. The molecule has 1 rings (SSSR count). The predicted octanol–water partition coefficient (Wildman–Crippen LogP) is 27.0. The van der Waals surface area contributed by atoms with Gasteiger partial charge in [0.05, 0.1) is 0 Å². The Morgan fingerprint density at radius 3 is 0.909 bits per heavy atom. The third-order valence-electron chi connectivity index (χ3n) is 22.3. The lowest BCUT2D eigenvalue weighted by Gasteiger charge is -2.34. The number of unbranched alkanes of at least 4 members (excludes halogenated alkanes) is 8. The Balaban J connectivity index is -0.000000142. The molecule has 0 spiro atoms. The minimum Gasteiger partial charge on any atom is -0.318 e. The number of hydrogen-bond acceptors (Lipinski definition) is 13. The van der Waals surface area contributed by atoms with Crippen molar-refractivity contribution >= 4 is 0 Å². The van der Waals surface area contributed by atoms with Crippen molar-refractivity contribution < 1.29 is 0 Å². The first-order chi connectivity index (χ1) is 56.8. The fourth-order valence-electron chi connectivity index (χ4n) is 12.8. The van der Waals surface area contributed by atoms with Gasteiger partial charge in [-0.25, -0.2) is 0 Å². The quantitative estimate of drug-likeness (QED) is 0.0375. The Labute approximate surface area is 773 Å². The van der Waals surface area contributed by atoms with E-state index in [1.807, 2.05) is 21.1 Å². The van der Waals surface area contributed by atoms with Crippen molar-refractivity contribution in [2.24, 2.45) is 71.0 Å². The fourth-order valence-corrected chi connectivity index (χ4v) is 12.8. The second kappa shape index (κ2) is 114. The van der Waals surface area contributed by atoms with E-state index in [9.17, 15) is 0 Å². The Hall–Kier alpha value is -0.520. The Morgan fingerprint density at radius 2 is 0.537 bits per heavy atom. The molecule has 0 saturated carbocycles. The summed E-state index contributed by atoms with van der Waals surface area (Å²) in [6.45, 7) is 96.9. The van der Waals surface area contributed by atoms with Gasteiger partial charge in [-0.1, -0.05) is 298 Å². The summed E-state index contributed by atoms with van der Waals surface area (Å²) in [7, 11) is 19.1. The van der Waals surface area contributed by atoms with E-state index in [0.29, 0.717) is 0 Å². The molecule has 1 unspecified atom stereocenters. The first-order valence-electron chi connectivity index (χ1n) is 52.7. The highest BCUT2D eigenvalue weighted by atomic mass is 15.3. The van der Waals surface area contributed by atoms with E-state index in [-0.39, 0.29) is 7.43 Å². The first-order valence-corrected chi connectivity index (χ1v) is 52.7. The van der Waals surface area contributed by atoms with Gasteiger partial charge >= 0.3 is 0 Å². The maximum atomic E-state index is 3.46. The fraction of sp³-hybridized carbons (Fsp3) is 1.00. The highest BCUT2D eigenvalue weighted by Gasteiger charge is 2.16. The lowest BCUT2D eigenvalue weighted by molar-refractivity contribution is 0.129. The van der Waals surface area contributed by atoms with E-state index >= 15 is 0 Å². The van der Waals surface area contributed by atoms with Crippen LogP contribution in [0.3, 0.4) is 0 Å². The second-order valence-corrected chi connectivity index (χ2v) is 41.5. The molecule has 0 aromatic rings. The Kier molecular flexibility index (Phi) is 132. The third-order valence-corrected chi connectivity index (χ3v) is 22.3. The summed E-state index contributed by atoms with van der Waals surface area (Å²) in [5.74, 6) is 10.4. The van der Waals surface area contributed by atoms with Gasteiger partial charge in [0.2, 0.25) is 0 Å². The van der Waals surface area contributed by atoms with Crippen molar-refractivity contribution in [1.82, 2.24) is 65.8 Å². The van der Waals surface area contributed by atoms with Crippen molar-refractivity contribution in [3.8, 4) is 0 Å². The molecule has 0 amide bonds. The lowest BCUT2D eigenvalue weighted by Crippen LogP contribution is -2.46. The van der Waals surface area contributed by atoms with Gasteiger partial charge < -0.3 is 65.8 Å². The van der Waals surface area contributed by atoms with E-state index in [2.05, 4.69) is 309 Å². The molecule has 121 heavy (non-hydrogen) atoms. The molecule has 746 valence electrons. The zero-order valence-corrected chi connectivity index (χ0v) is 91.3. The van der Waals surface area contributed by atoms with Crippen LogP contribution in [0.2, 0.25) is 0 Å². The molecule has 0 radical (unpaired) electrons. The van der Waals surface area contributed by atoms with Crippen molar-refractivity contribution in [1.29, 1.82) is 0 Å². The van der Waals surface area contributed by atoms with Gasteiger partial charge in [-0.2, -0.15) is 0 Å². The van der Waals surface area contributed by atoms with Crippen LogP contribution in [0.25, 0.3) is 0 Å². The van der Waals surface area contributed by atoms with Crippen molar-refractivity contribution in [2.45, 2.75) is 414 Å². The number of rotatable bonds is 67. The van der Waals surface area contributed by atoms with Gasteiger partial charge in [-0.3, -0.25) is 0 Å². The maximum absolute atomic E-state index is 3.46. The molecule has 0 aliphatic carbocycles. The first kappa shape index (κ1) is 141. The summed E-state index contributed by atoms with van der Waals surface area (Å²) in [6, 6.07) is 0. The second-order valence-electron chi connectivity index (χ2n) is 41.5. The van der Waals surface area contributed by atoms with Gasteiger partial charge in [-0.05, 0) is 348 Å². The van der Waals surface area contributed by atoms with Gasteiger partial charge in [0.1, 0.15) is 0 Å². The van der Waals surface area contributed by atoms with Gasteiger partial charge in [0, 0.05) is 65.4 Å². The normalized spacial score (nSPS) is 12.6. The lowest BCUT2D eigenvalue weighted by atomic mass is 9.91. The van der Waals surface area contributed by atoms with Crippen LogP contribution in [-0.2, 0) is 0 Å².